The van der Waals surface area contributed by atoms with Crippen LogP contribution < -0.4 is 0 Å². The standard InChI is InChI=1S/C22H27ClN2O3S/c1-16(2)14-24(29(27,28)20-10-8-19(23)9-11-20)15-22(26)25-13-12-18-6-4-5-7-21(18)17(25)3/h4-11,16-17H,12-15H2,1-3H3. The quantitative estimate of drug-likeness (QED) is 0.686. The number of amides is 1. The fourth-order valence-electron chi connectivity index (χ4n) is 3.76. The summed E-state index contributed by atoms with van der Waals surface area (Å²) in [7, 11) is -3.80. The molecule has 29 heavy (non-hydrogen) atoms. The molecule has 0 bridgehead atoms. The third-order valence-electron chi connectivity index (χ3n) is 5.25. The average Bonchev–Trinajstić information content (AvgIpc) is 2.68. The van der Waals surface area contributed by atoms with E-state index in [1.165, 1.54) is 22.0 Å². The van der Waals surface area contributed by atoms with Crippen LogP contribution in [-0.2, 0) is 21.2 Å². The number of halogens is 1. The molecule has 1 amide bonds. The maximum absolute atomic E-state index is 13.2. The minimum Gasteiger partial charge on any atom is -0.334 e. The van der Waals surface area contributed by atoms with Crippen molar-refractivity contribution in [1.82, 2.24) is 9.21 Å². The molecule has 0 radical (unpaired) electrons. The van der Waals surface area contributed by atoms with Crippen molar-refractivity contribution < 1.29 is 13.2 Å². The van der Waals surface area contributed by atoms with E-state index in [0.717, 1.165) is 12.0 Å². The van der Waals surface area contributed by atoms with Crippen LogP contribution in [0.15, 0.2) is 53.4 Å². The van der Waals surface area contributed by atoms with Crippen molar-refractivity contribution in [2.24, 2.45) is 5.92 Å². The molecule has 156 valence electrons. The van der Waals surface area contributed by atoms with E-state index < -0.39 is 10.0 Å². The number of hydrogen-bond acceptors (Lipinski definition) is 3. The maximum atomic E-state index is 13.2. The van der Waals surface area contributed by atoms with Gasteiger partial charge < -0.3 is 4.90 Å². The normalized spacial score (nSPS) is 16.9. The minimum atomic E-state index is -3.80. The number of carbonyl (C=O) groups excluding carboxylic acids is 1. The van der Waals surface area contributed by atoms with Crippen LogP contribution in [-0.4, -0.2) is 43.2 Å². The lowest BCUT2D eigenvalue weighted by Gasteiger charge is -2.36. The summed E-state index contributed by atoms with van der Waals surface area (Å²) in [5, 5.41) is 0.469. The molecule has 7 heteroatoms. The molecule has 0 aromatic heterocycles. The Morgan fingerprint density at radius 1 is 1.17 bits per heavy atom. The van der Waals surface area contributed by atoms with E-state index in [2.05, 4.69) is 6.07 Å². The smallest absolute Gasteiger partial charge is 0.243 e. The lowest BCUT2D eigenvalue weighted by Crippen LogP contribution is -2.46. The van der Waals surface area contributed by atoms with Gasteiger partial charge in [0.1, 0.15) is 0 Å². The predicted molar refractivity (Wildman–Crippen MR) is 115 cm³/mol. The zero-order valence-electron chi connectivity index (χ0n) is 17.0. The summed E-state index contributed by atoms with van der Waals surface area (Å²) in [5.74, 6) is -0.0884. The van der Waals surface area contributed by atoms with Crippen molar-refractivity contribution in [3.8, 4) is 0 Å². The van der Waals surface area contributed by atoms with Gasteiger partial charge in [0, 0.05) is 18.1 Å². The van der Waals surface area contributed by atoms with Crippen LogP contribution >= 0.6 is 11.6 Å². The Morgan fingerprint density at radius 3 is 2.48 bits per heavy atom. The Hall–Kier alpha value is -1.89. The molecule has 5 nitrogen and oxygen atoms in total. The molecule has 3 rings (SSSR count). The first-order chi connectivity index (χ1) is 13.7. The fraction of sp³-hybridized carbons (Fsp3) is 0.409. The second kappa shape index (κ2) is 8.86. The van der Waals surface area contributed by atoms with Gasteiger partial charge >= 0.3 is 0 Å². The number of rotatable bonds is 6. The zero-order valence-corrected chi connectivity index (χ0v) is 18.6. The molecule has 2 aromatic rings. The van der Waals surface area contributed by atoms with Crippen molar-refractivity contribution in [3.63, 3.8) is 0 Å². The Labute approximate surface area is 178 Å². The Morgan fingerprint density at radius 2 is 1.83 bits per heavy atom. The van der Waals surface area contributed by atoms with E-state index in [0.29, 0.717) is 11.6 Å². The average molecular weight is 435 g/mol. The summed E-state index contributed by atoms with van der Waals surface area (Å²) in [5.41, 5.74) is 2.37. The molecule has 1 unspecified atom stereocenters. The number of carbonyl (C=O) groups is 1. The largest absolute Gasteiger partial charge is 0.334 e. The highest BCUT2D eigenvalue weighted by molar-refractivity contribution is 7.89. The lowest BCUT2D eigenvalue weighted by molar-refractivity contribution is -0.134. The molecular formula is C22H27ClN2O3S. The van der Waals surface area contributed by atoms with Crippen molar-refractivity contribution in [1.29, 1.82) is 0 Å². The molecule has 0 fully saturated rings. The number of hydrogen-bond donors (Lipinski definition) is 0. The van der Waals surface area contributed by atoms with Crippen LogP contribution in [0.3, 0.4) is 0 Å². The summed E-state index contributed by atoms with van der Waals surface area (Å²) in [6.45, 7) is 6.57. The monoisotopic (exact) mass is 434 g/mol. The van der Waals surface area contributed by atoms with Crippen LogP contribution in [0.2, 0.25) is 5.02 Å². The van der Waals surface area contributed by atoms with E-state index >= 15 is 0 Å². The highest BCUT2D eigenvalue weighted by Gasteiger charge is 2.32. The molecule has 1 aliphatic heterocycles. The summed E-state index contributed by atoms with van der Waals surface area (Å²) < 4.78 is 27.7. The van der Waals surface area contributed by atoms with Gasteiger partial charge in [-0.1, -0.05) is 49.7 Å². The Balaban J connectivity index is 1.83. The van der Waals surface area contributed by atoms with Gasteiger partial charge in [-0.25, -0.2) is 8.42 Å². The third-order valence-corrected chi connectivity index (χ3v) is 7.32. The van der Waals surface area contributed by atoms with Gasteiger partial charge in [0.25, 0.3) is 0 Å². The fourth-order valence-corrected chi connectivity index (χ4v) is 5.44. The van der Waals surface area contributed by atoms with Crippen LogP contribution in [0.25, 0.3) is 0 Å². The van der Waals surface area contributed by atoms with Crippen LogP contribution in [0.1, 0.15) is 37.9 Å². The summed E-state index contributed by atoms with van der Waals surface area (Å²) >= 11 is 5.90. The molecule has 1 atom stereocenters. The number of sulfonamides is 1. The molecule has 0 saturated heterocycles. The second-order valence-electron chi connectivity index (χ2n) is 7.86. The highest BCUT2D eigenvalue weighted by Crippen LogP contribution is 2.29. The van der Waals surface area contributed by atoms with Crippen LogP contribution in [0.4, 0.5) is 0 Å². The van der Waals surface area contributed by atoms with E-state index in [1.54, 1.807) is 17.0 Å². The first-order valence-electron chi connectivity index (χ1n) is 9.83. The van der Waals surface area contributed by atoms with Crippen LogP contribution in [0, 0.1) is 5.92 Å². The SMILES string of the molecule is CC(C)CN(CC(=O)N1CCc2ccccc2C1C)S(=O)(=O)c1ccc(Cl)cc1. The maximum Gasteiger partial charge on any atom is 0.243 e. The van der Waals surface area contributed by atoms with Gasteiger partial charge in [-0.05, 0) is 54.7 Å². The Kier molecular flexibility index (Phi) is 6.66. The van der Waals surface area contributed by atoms with Gasteiger partial charge in [0.15, 0.2) is 0 Å². The van der Waals surface area contributed by atoms with Gasteiger partial charge in [-0.15, -0.1) is 0 Å². The van der Waals surface area contributed by atoms with Crippen LogP contribution in [0.5, 0.6) is 0 Å². The van der Waals surface area contributed by atoms with Gasteiger partial charge in [-0.3, -0.25) is 4.79 Å². The first-order valence-corrected chi connectivity index (χ1v) is 11.6. The highest BCUT2D eigenvalue weighted by atomic mass is 35.5. The zero-order chi connectivity index (χ0) is 21.2. The lowest BCUT2D eigenvalue weighted by atomic mass is 9.93. The van der Waals surface area contributed by atoms with Crippen molar-refractivity contribution in [2.45, 2.75) is 38.1 Å². The topological polar surface area (TPSA) is 57.7 Å². The third kappa shape index (κ3) is 4.82. The van der Waals surface area contributed by atoms with E-state index in [1.807, 2.05) is 39.0 Å². The molecule has 2 aromatic carbocycles. The second-order valence-corrected chi connectivity index (χ2v) is 10.2. The number of fused-ring (bicyclic) bond motifs is 1. The molecular weight excluding hydrogens is 408 g/mol. The summed E-state index contributed by atoms with van der Waals surface area (Å²) in [6.07, 6.45) is 0.778. The van der Waals surface area contributed by atoms with E-state index in [9.17, 15) is 13.2 Å². The molecule has 0 spiro atoms. The minimum absolute atomic E-state index is 0.0772. The molecule has 1 aliphatic rings. The van der Waals surface area contributed by atoms with Gasteiger partial charge in [0.05, 0.1) is 17.5 Å². The molecule has 0 saturated carbocycles. The van der Waals surface area contributed by atoms with Crippen molar-refractivity contribution in [3.05, 3.63) is 64.7 Å². The van der Waals surface area contributed by atoms with Gasteiger partial charge in [0.2, 0.25) is 15.9 Å². The van der Waals surface area contributed by atoms with Crippen molar-refractivity contribution >= 4 is 27.5 Å². The Bertz CT molecular complexity index is 974. The van der Waals surface area contributed by atoms with Crippen molar-refractivity contribution in [2.75, 3.05) is 19.6 Å². The predicted octanol–water partition coefficient (Wildman–Crippen LogP) is 4.13. The summed E-state index contributed by atoms with van der Waals surface area (Å²) in [4.78, 5) is 15.1. The molecule has 0 N–H and O–H groups in total. The molecule has 1 heterocycles. The number of nitrogens with zero attached hydrogens (tertiary/aromatic N) is 2. The van der Waals surface area contributed by atoms with E-state index in [4.69, 9.17) is 11.6 Å². The summed E-state index contributed by atoms with van der Waals surface area (Å²) in [6, 6.07) is 14.1. The van der Waals surface area contributed by atoms with Gasteiger partial charge in [-0.2, -0.15) is 4.31 Å². The number of benzene rings is 2. The van der Waals surface area contributed by atoms with E-state index in [-0.39, 0.29) is 35.9 Å². The molecule has 0 aliphatic carbocycles. The first kappa shape index (κ1) is 21.8.